The summed E-state index contributed by atoms with van der Waals surface area (Å²) >= 11 is 0. The Morgan fingerprint density at radius 3 is 2.55 bits per heavy atom. The van der Waals surface area contributed by atoms with Crippen molar-refractivity contribution in [1.82, 2.24) is 4.98 Å². The van der Waals surface area contributed by atoms with Gasteiger partial charge in [-0.15, -0.1) is 0 Å². The third-order valence-corrected chi connectivity index (χ3v) is 3.50. The van der Waals surface area contributed by atoms with Crippen molar-refractivity contribution in [2.24, 2.45) is 5.73 Å². The average Bonchev–Trinajstić information content (AvgIpc) is 2.48. The molecule has 1 unspecified atom stereocenters. The molecule has 3 heteroatoms. The third-order valence-electron chi connectivity index (χ3n) is 3.50. The summed E-state index contributed by atoms with van der Waals surface area (Å²) in [5.41, 5.74) is 7.33. The highest BCUT2D eigenvalue weighted by Gasteiger charge is 2.07. The summed E-state index contributed by atoms with van der Waals surface area (Å²) in [5, 5.41) is 0. The molecular weight excluding hydrogens is 248 g/mol. The predicted octanol–water partition coefficient (Wildman–Crippen LogP) is 4.62. The lowest BCUT2D eigenvalue weighted by Gasteiger charge is -2.13. The van der Waals surface area contributed by atoms with Gasteiger partial charge in [-0.1, -0.05) is 52.4 Å². The van der Waals surface area contributed by atoms with Gasteiger partial charge in [0.1, 0.15) is 5.75 Å². The van der Waals surface area contributed by atoms with E-state index in [2.05, 4.69) is 18.8 Å². The summed E-state index contributed by atoms with van der Waals surface area (Å²) in [7, 11) is 0. The van der Waals surface area contributed by atoms with Crippen LogP contribution >= 0.6 is 0 Å². The van der Waals surface area contributed by atoms with Crippen molar-refractivity contribution in [2.75, 3.05) is 6.61 Å². The minimum Gasteiger partial charge on any atom is -0.492 e. The van der Waals surface area contributed by atoms with Gasteiger partial charge in [-0.25, -0.2) is 0 Å². The monoisotopic (exact) mass is 278 g/mol. The van der Waals surface area contributed by atoms with Crippen LogP contribution in [-0.2, 0) is 0 Å². The Kier molecular flexibility index (Phi) is 9.05. The number of nitrogens with zero attached hydrogens (tertiary/aromatic N) is 1. The van der Waals surface area contributed by atoms with Crippen LogP contribution in [-0.4, -0.2) is 11.6 Å². The molecular formula is C17H30N2O. The first kappa shape index (κ1) is 17.0. The van der Waals surface area contributed by atoms with Gasteiger partial charge in [-0.2, -0.15) is 0 Å². The Bertz CT molecular complexity index is 355. The molecule has 0 aliphatic carbocycles. The molecule has 0 amide bonds. The van der Waals surface area contributed by atoms with E-state index >= 15 is 0 Å². The number of unbranched alkanes of at least 4 members (excludes halogenated alkanes) is 5. The molecule has 1 rings (SSSR count). The third kappa shape index (κ3) is 6.90. The summed E-state index contributed by atoms with van der Waals surface area (Å²) in [6.45, 7) is 5.08. The second-order valence-corrected chi connectivity index (χ2v) is 5.47. The van der Waals surface area contributed by atoms with Crippen LogP contribution in [0.15, 0.2) is 18.5 Å². The SMILES string of the molecule is CCCCCCCCC(N)c1cncc(OCCC)c1. The van der Waals surface area contributed by atoms with Crippen LogP contribution in [0, 0.1) is 0 Å². The maximum Gasteiger partial charge on any atom is 0.137 e. The number of hydrogen-bond acceptors (Lipinski definition) is 3. The number of ether oxygens (including phenoxy) is 1. The van der Waals surface area contributed by atoms with Crippen molar-refractivity contribution in [3.63, 3.8) is 0 Å². The smallest absolute Gasteiger partial charge is 0.137 e. The van der Waals surface area contributed by atoms with Crippen LogP contribution in [0.25, 0.3) is 0 Å². The van der Waals surface area contributed by atoms with Crippen molar-refractivity contribution < 1.29 is 4.74 Å². The Balaban J connectivity index is 2.29. The lowest BCUT2D eigenvalue weighted by atomic mass is 10.0. The number of pyridine rings is 1. The largest absolute Gasteiger partial charge is 0.492 e. The fourth-order valence-corrected chi connectivity index (χ4v) is 2.25. The molecule has 1 aromatic rings. The number of rotatable bonds is 11. The van der Waals surface area contributed by atoms with E-state index in [1.807, 2.05) is 12.3 Å². The molecule has 114 valence electrons. The Labute approximate surface area is 123 Å². The topological polar surface area (TPSA) is 48.1 Å². The fourth-order valence-electron chi connectivity index (χ4n) is 2.25. The van der Waals surface area contributed by atoms with Gasteiger partial charge < -0.3 is 10.5 Å². The van der Waals surface area contributed by atoms with E-state index in [9.17, 15) is 0 Å². The second-order valence-electron chi connectivity index (χ2n) is 5.47. The minimum atomic E-state index is 0.0823. The number of nitrogens with two attached hydrogens (primary N) is 1. The van der Waals surface area contributed by atoms with Crippen LogP contribution in [0.5, 0.6) is 5.75 Å². The maximum absolute atomic E-state index is 6.24. The first-order valence-corrected chi connectivity index (χ1v) is 8.11. The molecule has 0 saturated heterocycles. The summed E-state index contributed by atoms with van der Waals surface area (Å²) in [4.78, 5) is 4.22. The van der Waals surface area contributed by atoms with Gasteiger partial charge in [-0.3, -0.25) is 4.98 Å². The molecule has 1 aromatic heterocycles. The maximum atomic E-state index is 6.24. The van der Waals surface area contributed by atoms with Crippen LogP contribution in [0.4, 0.5) is 0 Å². The molecule has 0 aliphatic heterocycles. The summed E-state index contributed by atoms with van der Waals surface area (Å²) in [5.74, 6) is 0.836. The molecule has 20 heavy (non-hydrogen) atoms. The van der Waals surface area contributed by atoms with Crippen LogP contribution < -0.4 is 10.5 Å². The molecule has 0 radical (unpaired) electrons. The molecule has 1 atom stereocenters. The van der Waals surface area contributed by atoms with E-state index in [0.29, 0.717) is 0 Å². The van der Waals surface area contributed by atoms with Crippen molar-refractivity contribution in [3.05, 3.63) is 24.0 Å². The molecule has 3 nitrogen and oxygen atoms in total. The van der Waals surface area contributed by atoms with Gasteiger partial charge in [0.15, 0.2) is 0 Å². The van der Waals surface area contributed by atoms with Crippen LogP contribution in [0.1, 0.15) is 76.8 Å². The molecule has 0 aromatic carbocycles. The van der Waals surface area contributed by atoms with Crippen molar-refractivity contribution >= 4 is 0 Å². The number of aromatic nitrogens is 1. The van der Waals surface area contributed by atoms with E-state index < -0.39 is 0 Å². The zero-order chi connectivity index (χ0) is 14.6. The fraction of sp³-hybridized carbons (Fsp3) is 0.706. The average molecular weight is 278 g/mol. The molecule has 0 saturated carbocycles. The first-order valence-electron chi connectivity index (χ1n) is 8.11. The van der Waals surface area contributed by atoms with Crippen molar-refractivity contribution in [2.45, 2.75) is 71.3 Å². The van der Waals surface area contributed by atoms with E-state index in [1.165, 1.54) is 38.5 Å². The standard InChI is InChI=1S/C17H30N2O/c1-3-5-6-7-8-9-10-17(18)15-12-16(14-19-13-15)20-11-4-2/h12-14,17H,3-11,18H2,1-2H3. The minimum absolute atomic E-state index is 0.0823. The van der Waals surface area contributed by atoms with E-state index in [4.69, 9.17) is 10.5 Å². The molecule has 1 heterocycles. The van der Waals surface area contributed by atoms with Gasteiger partial charge in [-0.05, 0) is 24.5 Å². The summed E-state index contributed by atoms with van der Waals surface area (Å²) < 4.78 is 5.60. The zero-order valence-electron chi connectivity index (χ0n) is 13.1. The first-order chi connectivity index (χ1) is 9.77. The Morgan fingerprint density at radius 2 is 1.80 bits per heavy atom. The van der Waals surface area contributed by atoms with Gasteiger partial charge in [0.25, 0.3) is 0 Å². The second kappa shape index (κ2) is 10.7. The van der Waals surface area contributed by atoms with Crippen molar-refractivity contribution in [3.8, 4) is 5.75 Å². The molecule has 2 N–H and O–H groups in total. The highest BCUT2D eigenvalue weighted by atomic mass is 16.5. The Morgan fingerprint density at radius 1 is 1.05 bits per heavy atom. The molecule has 0 aliphatic rings. The van der Waals surface area contributed by atoms with Crippen LogP contribution in [0.3, 0.4) is 0 Å². The molecule has 0 bridgehead atoms. The Hall–Kier alpha value is -1.09. The number of hydrogen-bond donors (Lipinski definition) is 1. The molecule has 0 spiro atoms. The van der Waals surface area contributed by atoms with Gasteiger partial charge in [0.05, 0.1) is 12.8 Å². The molecule has 0 fully saturated rings. The van der Waals surface area contributed by atoms with Gasteiger partial charge in [0, 0.05) is 12.2 Å². The quantitative estimate of drug-likeness (QED) is 0.601. The van der Waals surface area contributed by atoms with Gasteiger partial charge >= 0.3 is 0 Å². The lowest BCUT2D eigenvalue weighted by Crippen LogP contribution is -2.11. The lowest BCUT2D eigenvalue weighted by molar-refractivity contribution is 0.315. The van der Waals surface area contributed by atoms with E-state index in [-0.39, 0.29) is 6.04 Å². The zero-order valence-corrected chi connectivity index (χ0v) is 13.1. The van der Waals surface area contributed by atoms with E-state index in [0.717, 1.165) is 30.8 Å². The van der Waals surface area contributed by atoms with Crippen LogP contribution in [0.2, 0.25) is 0 Å². The summed E-state index contributed by atoms with van der Waals surface area (Å²) in [6.07, 6.45) is 13.5. The summed E-state index contributed by atoms with van der Waals surface area (Å²) in [6, 6.07) is 2.11. The van der Waals surface area contributed by atoms with Crippen molar-refractivity contribution in [1.29, 1.82) is 0 Å². The normalized spacial score (nSPS) is 12.3. The highest BCUT2D eigenvalue weighted by molar-refractivity contribution is 5.25. The van der Waals surface area contributed by atoms with E-state index in [1.54, 1.807) is 6.20 Å². The van der Waals surface area contributed by atoms with Gasteiger partial charge in [0.2, 0.25) is 0 Å². The predicted molar refractivity (Wildman–Crippen MR) is 84.9 cm³/mol. The highest BCUT2D eigenvalue weighted by Crippen LogP contribution is 2.21.